The Bertz CT molecular complexity index is 497. The van der Waals surface area contributed by atoms with Crippen LogP contribution in [0.3, 0.4) is 0 Å². The van der Waals surface area contributed by atoms with E-state index in [1.54, 1.807) is 25.4 Å². The van der Waals surface area contributed by atoms with Crippen LogP contribution in [-0.2, 0) is 9.84 Å². The van der Waals surface area contributed by atoms with Crippen molar-refractivity contribution in [1.82, 2.24) is 10.3 Å². The van der Waals surface area contributed by atoms with E-state index >= 15 is 0 Å². The number of anilines is 1. The molecule has 6 nitrogen and oxygen atoms in total. The molecular formula is C11H17N3O3S. The van der Waals surface area contributed by atoms with E-state index in [1.165, 1.54) is 6.26 Å². The lowest BCUT2D eigenvalue weighted by molar-refractivity contribution is 0.0949. The average molecular weight is 271 g/mol. The minimum absolute atomic E-state index is 0.0689. The molecule has 0 aromatic carbocycles. The highest BCUT2D eigenvalue weighted by Gasteiger charge is 2.07. The quantitative estimate of drug-likeness (QED) is 0.726. The Morgan fingerprint density at radius 2 is 2.11 bits per heavy atom. The van der Waals surface area contributed by atoms with Gasteiger partial charge < -0.3 is 10.6 Å². The lowest BCUT2D eigenvalue weighted by Gasteiger charge is -2.05. The highest BCUT2D eigenvalue weighted by Crippen LogP contribution is 2.04. The first-order valence-electron chi connectivity index (χ1n) is 5.52. The van der Waals surface area contributed by atoms with Crippen LogP contribution in [0.25, 0.3) is 0 Å². The number of pyridine rings is 1. The first kappa shape index (κ1) is 14.4. The largest absolute Gasteiger partial charge is 0.387 e. The van der Waals surface area contributed by atoms with Gasteiger partial charge in [0, 0.05) is 19.8 Å². The topological polar surface area (TPSA) is 88.2 Å². The number of rotatable bonds is 6. The van der Waals surface area contributed by atoms with Crippen molar-refractivity contribution >= 4 is 21.4 Å². The van der Waals surface area contributed by atoms with Gasteiger partial charge in [-0.05, 0) is 18.6 Å². The molecule has 2 N–H and O–H groups in total. The second-order valence-corrected chi connectivity index (χ2v) is 6.18. The summed E-state index contributed by atoms with van der Waals surface area (Å²) < 4.78 is 21.8. The van der Waals surface area contributed by atoms with Crippen LogP contribution < -0.4 is 10.6 Å². The van der Waals surface area contributed by atoms with Crippen molar-refractivity contribution in [1.29, 1.82) is 0 Å². The third kappa shape index (κ3) is 5.13. The molecule has 1 aromatic heterocycles. The summed E-state index contributed by atoms with van der Waals surface area (Å²) in [6.07, 6.45) is 3.14. The minimum Gasteiger partial charge on any atom is -0.387 e. The lowest BCUT2D eigenvalue weighted by atomic mass is 10.3. The highest BCUT2D eigenvalue weighted by atomic mass is 32.2. The van der Waals surface area contributed by atoms with Gasteiger partial charge in [-0.2, -0.15) is 0 Å². The van der Waals surface area contributed by atoms with Crippen LogP contribution in [0.1, 0.15) is 16.9 Å². The molecule has 0 saturated carbocycles. The van der Waals surface area contributed by atoms with E-state index in [-0.39, 0.29) is 11.7 Å². The van der Waals surface area contributed by atoms with Crippen LogP contribution >= 0.6 is 0 Å². The Hall–Kier alpha value is -1.63. The molecule has 0 aliphatic rings. The molecule has 0 bridgehead atoms. The third-order valence-electron chi connectivity index (χ3n) is 2.26. The molecule has 18 heavy (non-hydrogen) atoms. The van der Waals surface area contributed by atoms with E-state index in [1.807, 2.05) is 0 Å². The Kier molecular flexibility index (Phi) is 5.08. The van der Waals surface area contributed by atoms with Crippen LogP contribution in [0.15, 0.2) is 18.3 Å². The van der Waals surface area contributed by atoms with E-state index < -0.39 is 9.84 Å². The molecule has 100 valence electrons. The molecule has 0 fully saturated rings. The summed E-state index contributed by atoms with van der Waals surface area (Å²) in [6.45, 7) is 0.321. The molecule has 0 unspecified atom stereocenters. The number of carbonyl (C=O) groups is 1. The van der Waals surface area contributed by atoms with Gasteiger partial charge in [-0.15, -0.1) is 0 Å². The van der Waals surface area contributed by atoms with Crippen molar-refractivity contribution in [2.24, 2.45) is 0 Å². The normalized spacial score (nSPS) is 11.0. The van der Waals surface area contributed by atoms with E-state index in [0.717, 1.165) is 5.69 Å². The number of aromatic nitrogens is 1. The average Bonchev–Trinajstić information content (AvgIpc) is 2.33. The second kappa shape index (κ2) is 6.34. The number of nitrogens with one attached hydrogen (secondary N) is 2. The van der Waals surface area contributed by atoms with Crippen LogP contribution in [0.2, 0.25) is 0 Å². The van der Waals surface area contributed by atoms with Gasteiger partial charge in [0.15, 0.2) is 0 Å². The fourth-order valence-electron chi connectivity index (χ4n) is 1.30. The summed E-state index contributed by atoms with van der Waals surface area (Å²) in [5, 5.41) is 5.52. The van der Waals surface area contributed by atoms with E-state index in [4.69, 9.17) is 0 Å². The van der Waals surface area contributed by atoms with Crippen LogP contribution in [-0.4, -0.2) is 44.9 Å². The van der Waals surface area contributed by atoms with Gasteiger partial charge in [0.1, 0.15) is 15.5 Å². The number of amides is 1. The van der Waals surface area contributed by atoms with Crippen molar-refractivity contribution in [3.63, 3.8) is 0 Å². The smallest absolute Gasteiger partial charge is 0.269 e. The summed E-state index contributed by atoms with van der Waals surface area (Å²) in [7, 11) is -1.21. The first-order chi connectivity index (χ1) is 8.42. The molecule has 1 heterocycles. The van der Waals surface area contributed by atoms with Crippen molar-refractivity contribution in [3.8, 4) is 0 Å². The van der Waals surface area contributed by atoms with Gasteiger partial charge in [-0.3, -0.25) is 4.79 Å². The summed E-state index contributed by atoms with van der Waals surface area (Å²) in [5.74, 6) is -0.231. The highest BCUT2D eigenvalue weighted by molar-refractivity contribution is 7.90. The zero-order chi connectivity index (χ0) is 13.6. The Morgan fingerprint density at radius 1 is 1.39 bits per heavy atom. The molecular weight excluding hydrogens is 254 g/mol. The van der Waals surface area contributed by atoms with Gasteiger partial charge in [-0.1, -0.05) is 0 Å². The van der Waals surface area contributed by atoms with Gasteiger partial charge in [0.05, 0.1) is 17.6 Å². The maximum Gasteiger partial charge on any atom is 0.269 e. The number of nitrogens with zero attached hydrogens (tertiary/aromatic N) is 1. The molecule has 1 aromatic rings. The van der Waals surface area contributed by atoms with E-state index in [9.17, 15) is 13.2 Å². The Morgan fingerprint density at radius 3 is 2.61 bits per heavy atom. The van der Waals surface area contributed by atoms with Crippen molar-refractivity contribution < 1.29 is 13.2 Å². The van der Waals surface area contributed by atoms with Crippen molar-refractivity contribution in [3.05, 3.63) is 24.0 Å². The molecule has 0 atom stereocenters. The fourth-order valence-corrected chi connectivity index (χ4v) is 1.97. The number of hydrogen-bond acceptors (Lipinski definition) is 5. The van der Waals surface area contributed by atoms with Gasteiger partial charge in [0.2, 0.25) is 0 Å². The van der Waals surface area contributed by atoms with E-state index in [2.05, 4.69) is 15.6 Å². The van der Waals surface area contributed by atoms with Crippen LogP contribution in [0, 0.1) is 0 Å². The fraction of sp³-hybridized carbons (Fsp3) is 0.455. The molecule has 0 aliphatic heterocycles. The minimum atomic E-state index is -2.97. The number of sulfone groups is 1. The third-order valence-corrected chi connectivity index (χ3v) is 3.29. The van der Waals surface area contributed by atoms with Crippen molar-refractivity contribution in [2.45, 2.75) is 6.42 Å². The van der Waals surface area contributed by atoms with Gasteiger partial charge >= 0.3 is 0 Å². The summed E-state index contributed by atoms with van der Waals surface area (Å²) in [4.78, 5) is 15.6. The molecule has 0 radical (unpaired) electrons. The van der Waals surface area contributed by atoms with E-state index in [0.29, 0.717) is 18.7 Å². The zero-order valence-corrected chi connectivity index (χ0v) is 11.3. The SMILES string of the molecule is CNc1ccc(C(=O)NCCCS(C)(=O)=O)nc1. The zero-order valence-electron chi connectivity index (χ0n) is 10.4. The molecule has 1 amide bonds. The molecule has 7 heteroatoms. The summed E-state index contributed by atoms with van der Waals surface area (Å²) >= 11 is 0. The predicted molar refractivity (Wildman–Crippen MR) is 70.4 cm³/mol. The molecule has 0 aliphatic carbocycles. The second-order valence-electron chi connectivity index (χ2n) is 3.92. The Balaban J connectivity index is 2.40. The maximum atomic E-state index is 11.6. The first-order valence-corrected chi connectivity index (χ1v) is 7.58. The van der Waals surface area contributed by atoms with Crippen LogP contribution in [0.5, 0.6) is 0 Å². The lowest BCUT2D eigenvalue weighted by Crippen LogP contribution is -2.26. The van der Waals surface area contributed by atoms with Crippen molar-refractivity contribution in [2.75, 3.05) is 30.9 Å². The monoisotopic (exact) mass is 271 g/mol. The molecule has 1 rings (SSSR count). The van der Waals surface area contributed by atoms with Crippen LogP contribution in [0.4, 0.5) is 5.69 Å². The summed E-state index contributed by atoms with van der Waals surface area (Å²) in [5.41, 5.74) is 1.14. The number of hydrogen-bond donors (Lipinski definition) is 2. The number of carbonyl (C=O) groups excluding carboxylic acids is 1. The van der Waals surface area contributed by atoms with Gasteiger partial charge in [0.25, 0.3) is 5.91 Å². The molecule has 0 spiro atoms. The van der Waals surface area contributed by atoms with Gasteiger partial charge in [-0.25, -0.2) is 13.4 Å². The Labute approximate surface area is 107 Å². The summed E-state index contributed by atoms with van der Waals surface area (Å²) in [6, 6.07) is 3.36. The molecule has 0 saturated heterocycles. The standard InChI is InChI=1S/C11H17N3O3S/c1-12-9-4-5-10(14-8-9)11(15)13-6-3-7-18(2,16)17/h4-5,8,12H,3,6-7H2,1-2H3,(H,13,15). The predicted octanol–water partition coefficient (Wildman–Crippen LogP) is 0.288. The maximum absolute atomic E-state index is 11.6.